The molecule has 13 heteroatoms. The lowest BCUT2D eigenvalue weighted by molar-refractivity contribution is -0.156. The van der Waals surface area contributed by atoms with Crippen molar-refractivity contribution >= 4 is 64.4 Å². The van der Waals surface area contributed by atoms with Gasteiger partial charge in [0.2, 0.25) is 0 Å². The third-order valence-corrected chi connectivity index (χ3v) is 12.4. The Morgan fingerprint density at radius 3 is 1.81 bits per heavy atom. The van der Waals surface area contributed by atoms with Crippen LogP contribution in [0.2, 0.25) is 0 Å². The Morgan fingerprint density at radius 2 is 1.31 bits per heavy atom. The second-order valence-corrected chi connectivity index (χ2v) is 16.1. The number of aromatic nitrogens is 1. The number of carbonyl (C=O) groups excluding carboxylic acids is 3. The summed E-state index contributed by atoms with van der Waals surface area (Å²) in [5.74, 6) is -1.42. The van der Waals surface area contributed by atoms with Crippen LogP contribution in [0.3, 0.4) is 0 Å². The topological polar surface area (TPSA) is 122 Å². The highest BCUT2D eigenvalue weighted by Crippen LogP contribution is 2.43. The minimum Gasteiger partial charge on any atom is -0.448 e. The first kappa shape index (κ1) is 38.7. The van der Waals surface area contributed by atoms with E-state index in [2.05, 4.69) is 64.8 Å². The van der Waals surface area contributed by atoms with Crippen molar-refractivity contribution < 1.29 is 24.0 Å². The van der Waals surface area contributed by atoms with Crippen molar-refractivity contribution in [3.05, 3.63) is 200 Å². The summed E-state index contributed by atoms with van der Waals surface area (Å²) in [7, 11) is 1.34. The van der Waals surface area contributed by atoms with E-state index in [0.29, 0.717) is 15.1 Å². The van der Waals surface area contributed by atoms with Crippen LogP contribution in [0.25, 0.3) is 0 Å². The molecule has 290 valence electrons. The van der Waals surface area contributed by atoms with E-state index in [1.54, 1.807) is 5.38 Å². The smallest absolute Gasteiger partial charge is 0.357 e. The molecule has 1 aromatic heterocycles. The number of esters is 1. The SMILES string of the molecule is CON=C(C(=O)NC1C(=O)N2C(C(=O)OC(c3ccccc3)c3ccccc3)=C(S)SCC12)c1csc(NC(c2ccccc2)(c2ccccc2)c2ccccc2)n1. The van der Waals surface area contributed by atoms with Crippen LogP contribution in [-0.2, 0) is 29.5 Å². The van der Waals surface area contributed by atoms with Crippen LogP contribution in [0.15, 0.2) is 172 Å². The van der Waals surface area contributed by atoms with E-state index in [1.165, 1.54) is 35.1 Å². The maximum atomic E-state index is 14.0. The fourth-order valence-electron chi connectivity index (χ4n) is 7.30. The number of carbonyl (C=O) groups is 3. The minimum absolute atomic E-state index is 0.0386. The number of nitrogens with one attached hydrogen (secondary N) is 2. The Hall–Kier alpha value is -6.15. The van der Waals surface area contributed by atoms with Gasteiger partial charge in [0.25, 0.3) is 11.8 Å². The van der Waals surface area contributed by atoms with E-state index >= 15 is 0 Å². The number of benzene rings is 5. The molecule has 2 N–H and O–H groups in total. The lowest BCUT2D eigenvalue weighted by Gasteiger charge is -2.49. The predicted molar refractivity (Wildman–Crippen MR) is 230 cm³/mol. The van der Waals surface area contributed by atoms with Crippen molar-refractivity contribution in [1.82, 2.24) is 15.2 Å². The molecule has 0 spiro atoms. The highest BCUT2D eigenvalue weighted by molar-refractivity contribution is 8.15. The van der Waals surface area contributed by atoms with Crippen LogP contribution >= 0.6 is 35.7 Å². The zero-order valence-electron chi connectivity index (χ0n) is 31.1. The summed E-state index contributed by atoms with van der Waals surface area (Å²) in [6.07, 6.45) is -0.718. The zero-order chi connectivity index (χ0) is 40.1. The van der Waals surface area contributed by atoms with Crippen molar-refractivity contribution in [2.75, 3.05) is 18.2 Å². The largest absolute Gasteiger partial charge is 0.448 e. The highest BCUT2D eigenvalue weighted by atomic mass is 32.2. The zero-order valence-corrected chi connectivity index (χ0v) is 33.6. The third kappa shape index (κ3) is 7.51. The normalized spacial score (nSPS) is 16.6. The summed E-state index contributed by atoms with van der Waals surface area (Å²) in [5, 5.41) is 12.9. The molecule has 0 radical (unpaired) electrons. The van der Waals surface area contributed by atoms with Gasteiger partial charge in [0.15, 0.2) is 22.6 Å². The second-order valence-electron chi connectivity index (χ2n) is 13.4. The van der Waals surface area contributed by atoms with Gasteiger partial charge in [-0.3, -0.25) is 14.5 Å². The monoisotopic (exact) mass is 823 g/mol. The molecule has 2 amide bonds. The first-order valence-electron chi connectivity index (χ1n) is 18.4. The second kappa shape index (κ2) is 17.1. The molecule has 10 nitrogen and oxygen atoms in total. The van der Waals surface area contributed by atoms with Crippen LogP contribution < -0.4 is 10.6 Å². The maximum absolute atomic E-state index is 14.0. The number of thioether (sulfide) groups is 1. The number of ether oxygens (including phenoxy) is 1. The number of anilines is 1. The lowest BCUT2D eigenvalue weighted by Crippen LogP contribution is -2.73. The van der Waals surface area contributed by atoms with Crippen molar-refractivity contribution in [2.24, 2.45) is 5.16 Å². The van der Waals surface area contributed by atoms with Gasteiger partial charge in [0.1, 0.15) is 24.4 Å². The van der Waals surface area contributed by atoms with Gasteiger partial charge in [-0.2, -0.15) is 0 Å². The molecular formula is C45H37N5O5S3. The molecule has 58 heavy (non-hydrogen) atoms. The van der Waals surface area contributed by atoms with Crippen molar-refractivity contribution in [2.45, 2.75) is 23.7 Å². The van der Waals surface area contributed by atoms with E-state index in [1.807, 2.05) is 115 Å². The molecule has 0 saturated carbocycles. The fourth-order valence-corrected chi connectivity index (χ4v) is 9.47. The van der Waals surface area contributed by atoms with Crippen LogP contribution in [-0.4, -0.2) is 58.3 Å². The van der Waals surface area contributed by atoms with Crippen molar-refractivity contribution in [3.63, 3.8) is 0 Å². The van der Waals surface area contributed by atoms with Gasteiger partial charge in [-0.25, -0.2) is 9.78 Å². The van der Waals surface area contributed by atoms with E-state index < -0.39 is 41.5 Å². The average Bonchev–Trinajstić information content (AvgIpc) is 3.74. The van der Waals surface area contributed by atoms with Gasteiger partial charge >= 0.3 is 5.97 Å². The summed E-state index contributed by atoms with van der Waals surface area (Å²) in [5.41, 5.74) is 3.86. The molecule has 0 aliphatic carbocycles. The van der Waals surface area contributed by atoms with Gasteiger partial charge < -0.3 is 20.2 Å². The summed E-state index contributed by atoms with van der Waals surface area (Å²) in [4.78, 5) is 53.1. The Balaban J connectivity index is 1.02. The Kier molecular flexibility index (Phi) is 11.4. The van der Waals surface area contributed by atoms with Gasteiger partial charge in [0, 0.05) is 11.1 Å². The molecule has 1 saturated heterocycles. The molecule has 3 heterocycles. The Bertz CT molecular complexity index is 2330. The summed E-state index contributed by atoms with van der Waals surface area (Å²) >= 11 is 7.21. The first-order chi connectivity index (χ1) is 28.4. The molecule has 2 aliphatic heterocycles. The molecule has 2 atom stereocenters. The number of thiol groups is 1. The van der Waals surface area contributed by atoms with Gasteiger partial charge in [-0.15, -0.1) is 35.7 Å². The number of fused-ring (bicyclic) bond motifs is 1. The molecule has 2 aliphatic rings. The molecule has 0 bridgehead atoms. The number of rotatable bonds is 13. The quantitative estimate of drug-likeness (QED) is 0.0270. The number of hydrogen-bond acceptors (Lipinski definition) is 11. The molecular weight excluding hydrogens is 787 g/mol. The van der Waals surface area contributed by atoms with Gasteiger partial charge in [-0.05, 0) is 27.8 Å². The molecule has 1 fully saturated rings. The van der Waals surface area contributed by atoms with Crippen LogP contribution in [0.5, 0.6) is 0 Å². The minimum atomic E-state index is -0.941. The fraction of sp³-hybridized carbons (Fsp3) is 0.133. The maximum Gasteiger partial charge on any atom is 0.357 e. The number of oxime groups is 1. The number of amides is 2. The first-order valence-corrected chi connectivity index (χ1v) is 20.7. The van der Waals surface area contributed by atoms with Crippen LogP contribution in [0.1, 0.15) is 39.6 Å². The third-order valence-electron chi connectivity index (χ3n) is 10.0. The summed E-state index contributed by atoms with van der Waals surface area (Å²) in [6, 6.07) is 47.6. The molecule has 8 rings (SSSR count). The van der Waals surface area contributed by atoms with E-state index in [9.17, 15) is 14.4 Å². The lowest BCUT2D eigenvalue weighted by atomic mass is 9.77. The average molecular weight is 824 g/mol. The standard InChI is InChI=1S/C45H37N5O5S3/c1-54-49-36(34-27-58-44(46-34)48-45(31-21-11-4-12-22-31,32-23-13-5-14-24-32)33-25-15-6-16-26-33)40(51)47-37-35-28-57-43(56)38(50(35)41(37)52)42(53)55-39(29-17-7-2-8-18-29)30-19-9-3-10-20-30/h2-27,35,37,39,56H,28H2,1H3,(H,46,48)(H,47,51). The van der Waals surface area contributed by atoms with E-state index in [0.717, 1.165) is 27.8 Å². The summed E-state index contributed by atoms with van der Waals surface area (Å²) in [6.45, 7) is 0. The van der Waals surface area contributed by atoms with E-state index in [4.69, 9.17) is 14.6 Å². The van der Waals surface area contributed by atoms with E-state index in [-0.39, 0.29) is 17.1 Å². The van der Waals surface area contributed by atoms with Crippen LogP contribution in [0, 0.1) is 0 Å². The van der Waals surface area contributed by atoms with Gasteiger partial charge in [0.05, 0.1) is 10.3 Å². The van der Waals surface area contributed by atoms with Crippen LogP contribution in [0.4, 0.5) is 5.13 Å². The Morgan fingerprint density at radius 1 is 0.810 bits per heavy atom. The van der Waals surface area contributed by atoms with Gasteiger partial charge in [-0.1, -0.05) is 157 Å². The Labute approximate surface area is 349 Å². The highest BCUT2D eigenvalue weighted by Gasteiger charge is 2.54. The summed E-state index contributed by atoms with van der Waals surface area (Å²) < 4.78 is 6.47. The number of β-lactam (4-membered cyclic amide) rings is 1. The number of thiazole rings is 1. The number of nitrogens with zero attached hydrogens (tertiary/aromatic N) is 3. The van der Waals surface area contributed by atoms with Crippen molar-refractivity contribution in [1.29, 1.82) is 0 Å². The predicted octanol–water partition coefficient (Wildman–Crippen LogP) is 7.77. The number of hydrogen-bond donors (Lipinski definition) is 3. The molecule has 6 aromatic rings. The molecule has 5 aromatic carbocycles. The van der Waals surface area contributed by atoms with Crippen molar-refractivity contribution in [3.8, 4) is 0 Å². The molecule has 2 unspecified atom stereocenters.